The van der Waals surface area contributed by atoms with Crippen molar-refractivity contribution in [3.63, 3.8) is 0 Å². The third-order valence-corrected chi connectivity index (χ3v) is 6.47. The molecule has 0 aliphatic heterocycles. The lowest BCUT2D eigenvalue weighted by Gasteiger charge is -2.28. The molecule has 27 heavy (non-hydrogen) atoms. The third kappa shape index (κ3) is 2.70. The summed E-state index contributed by atoms with van der Waals surface area (Å²) in [5, 5.41) is 8.92. The molecule has 0 spiro atoms. The van der Waals surface area contributed by atoms with Crippen molar-refractivity contribution >= 4 is 17.9 Å². The number of aryl methyl sites for hydroxylation is 1. The Labute approximate surface area is 157 Å². The Morgan fingerprint density at radius 1 is 1.11 bits per heavy atom. The average molecular weight is 368 g/mol. The van der Waals surface area contributed by atoms with Crippen molar-refractivity contribution in [2.24, 2.45) is 0 Å². The van der Waals surface area contributed by atoms with Gasteiger partial charge in [0.1, 0.15) is 11.6 Å². The number of carboxylic acid groups (broad SMARTS) is 1. The summed E-state index contributed by atoms with van der Waals surface area (Å²) in [6.45, 7) is 6.52. The number of hydrogen-bond acceptors (Lipinski definition) is 1. The van der Waals surface area contributed by atoms with Gasteiger partial charge in [-0.2, -0.15) is 0 Å². The highest BCUT2D eigenvalue weighted by Crippen LogP contribution is 2.60. The molecule has 140 valence electrons. The van der Waals surface area contributed by atoms with E-state index in [1.165, 1.54) is 35.8 Å². The van der Waals surface area contributed by atoms with E-state index < -0.39 is 17.6 Å². The van der Waals surface area contributed by atoms with Crippen LogP contribution in [0.4, 0.5) is 8.78 Å². The van der Waals surface area contributed by atoms with Crippen LogP contribution in [0.25, 0.3) is 11.9 Å². The molecule has 1 saturated carbocycles. The van der Waals surface area contributed by atoms with Crippen LogP contribution in [-0.2, 0) is 10.8 Å². The SMILES string of the molecule is Cc1cc2c(cc1/C=C(/F)c1ccc(C(=O)O)cc1F)C1(C)CCC2(C)C1. The van der Waals surface area contributed by atoms with Crippen LogP contribution in [0.15, 0.2) is 30.3 Å². The van der Waals surface area contributed by atoms with E-state index in [9.17, 15) is 13.6 Å². The number of carbonyl (C=O) groups is 1. The monoisotopic (exact) mass is 368 g/mol. The molecule has 4 rings (SSSR count). The molecule has 1 fully saturated rings. The zero-order valence-electron chi connectivity index (χ0n) is 15.7. The van der Waals surface area contributed by atoms with Crippen LogP contribution in [0.3, 0.4) is 0 Å². The minimum absolute atomic E-state index is 0.130. The van der Waals surface area contributed by atoms with Gasteiger partial charge in [-0.05, 0) is 83.5 Å². The van der Waals surface area contributed by atoms with Gasteiger partial charge in [0.15, 0.2) is 0 Å². The molecule has 2 aliphatic rings. The molecule has 0 radical (unpaired) electrons. The third-order valence-electron chi connectivity index (χ3n) is 6.47. The van der Waals surface area contributed by atoms with Crippen molar-refractivity contribution in [1.82, 2.24) is 0 Å². The Balaban J connectivity index is 1.76. The van der Waals surface area contributed by atoms with Crippen LogP contribution in [0.2, 0.25) is 0 Å². The molecule has 2 atom stereocenters. The first kappa shape index (κ1) is 17.9. The summed E-state index contributed by atoms with van der Waals surface area (Å²) < 4.78 is 29.0. The molecule has 2 bridgehead atoms. The zero-order chi connectivity index (χ0) is 19.6. The van der Waals surface area contributed by atoms with E-state index in [0.717, 1.165) is 30.0 Å². The van der Waals surface area contributed by atoms with Gasteiger partial charge < -0.3 is 5.11 Å². The van der Waals surface area contributed by atoms with E-state index in [1.807, 2.05) is 6.92 Å². The minimum Gasteiger partial charge on any atom is -0.478 e. The number of aromatic carboxylic acids is 1. The summed E-state index contributed by atoms with van der Waals surface area (Å²) >= 11 is 0. The molecule has 2 unspecified atom stereocenters. The normalized spacial score (nSPS) is 26.3. The van der Waals surface area contributed by atoms with Crippen molar-refractivity contribution in [3.05, 3.63) is 69.5 Å². The topological polar surface area (TPSA) is 37.3 Å². The molecule has 0 heterocycles. The van der Waals surface area contributed by atoms with Crippen molar-refractivity contribution in [2.75, 3.05) is 0 Å². The summed E-state index contributed by atoms with van der Waals surface area (Å²) in [6, 6.07) is 7.45. The summed E-state index contributed by atoms with van der Waals surface area (Å²) in [5.41, 5.74) is 4.26. The van der Waals surface area contributed by atoms with Gasteiger partial charge in [0, 0.05) is 5.56 Å². The van der Waals surface area contributed by atoms with Crippen LogP contribution in [-0.4, -0.2) is 11.1 Å². The van der Waals surface area contributed by atoms with Gasteiger partial charge in [0.2, 0.25) is 0 Å². The predicted molar refractivity (Wildman–Crippen MR) is 102 cm³/mol. The average Bonchev–Trinajstić information content (AvgIpc) is 3.02. The van der Waals surface area contributed by atoms with Crippen LogP contribution in [0.5, 0.6) is 0 Å². The van der Waals surface area contributed by atoms with Gasteiger partial charge >= 0.3 is 5.97 Å². The highest BCUT2D eigenvalue weighted by Gasteiger charge is 2.52. The summed E-state index contributed by atoms with van der Waals surface area (Å²) in [7, 11) is 0. The van der Waals surface area contributed by atoms with E-state index >= 15 is 0 Å². The summed E-state index contributed by atoms with van der Waals surface area (Å²) in [4.78, 5) is 10.9. The molecule has 0 aromatic heterocycles. The molecule has 4 heteroatoms. The maximum Gasteiger partial charge on any atom is 0.335 e. The van der Waals surface area contributed by atoms with Crippen molar-refractivity contribution < 1.29 is 18.7 Å². The van der Waals surface area contributed by atoms with Gasteiger partial charge in [0.05, 0.1) is 5.56 Å². The molecule has 0 saturated heterocycles. The first-order valence-corrected chi connectivity index (χ1v) is 9.19. The lowest BCUT2D eigenvalue weighted by atomic mass is 9.76. The van der Waals surface area contributed by atoms with Gasteiger partial charge in [-0.25, -0.2) is 13.6 Å². The molecule has 1 N–H and O–H groups in total. The quantitative estimate of drug-likeness (QED) is 0.673. The first-order valence-electron chi connectivity index (χ1n) is 9.19. The largest absolute Gasteiger partial charge is 0.478 e. The van der Waals surface area contributed by atoms with E-state index in [1.54, 1.807) is 0 Å². The Bertz CT molecular complexity index is 1010. The van der Waals surface area contributed by atoms with E-state index in [4.69, 9.17) is 5.11 Å². The minimum atomic E-state index is -1.24. The van der Waals surface area contributed by atoms with Crippen LogP contribution < -0.4 is 0 Å². The van der Waals surface area contributed by atoms with E-state index in [0.29, 0.717) is 0 Å². The highest BCUT2D eigenvalue weighted by atomic mass is 19.1. The predicted octanol–water partition coefficient (Wildman–Crippen LogP) is 6.01. The smallest absolute Gasteiger partial charge is 0.335 e. The van der Waals surface area contributed by atoms with Gasteiger partial charge in [0.25, 0.3) is 0 Å². The molecule has 2 aliphatic carbocycles. The number of rotatable bonds is 3. The van der Waals surface area contributed by atoms with Crippen molar-refractivity contribution in [1.29, 1.82) is 0 Å². The van der Waals surface area contributed by atoms with Crippen molar-refractivity contribution in [2.45, 2.75) is 50.9 Å². The Hall–Kier alpha value is -2.49. The molecule has 0 amide bonds. The number of fused-ring (bicyclic) bond motifs is 5. The first-order chi connectivity index (χ1) is 12.6. The standard InChI is InChI=1S/C23H22F2O2/c1-13-8-17-18(23(3)7-6-22(17,2)12-23)9-15(13)11-20(25)16-5-4-14(21(26)27)10-19(16)24/h4-5,8-11H,6-7,12H2,1-3H3,(H,26,27)/b20-11+. The van der Waals surface area contributed by atoms with Crippen LogP contribution in [0, 0.1) is 12.7 Å². The number of halogens is 2. The molecular formula is C23H22F2O2. The fraction of sp³-hybridized carbons (Fsp3) is 0.348. The maximum atomic E-state index is 14.8. The fourth-order valence-electron chi connectivity index (χ4n) is 4.98. The molecule has 2 nitrogen and oxygen atoms in total. The fourth-order valence-corrected chi connectivity index (χ4v) is 4.98. The van der Waals surface area contributed by atoms with Gasteiger partial charge in [-0.1, -0.05) is 26.0 Å². The van der Waals surface area contributed by atoms with E-state index in [-0.39, 0.29) is 22.0 Å². The second-order valence-corrected chi connectivity index (χ2v) is 8.54. The number of carboxylic acids is 1. The van der Waals surface area contributed by atoms with Crippen LogP contribution in [0.1, 0.15) is 71.3 Å². The molecule has 2 aromatic rings. The lowest BCUT2D eigenvalue weighted by molar-refractivity contribution is 0.0696. The maximum absolute atomic E-state index is 14.8. The number of benzene rings is 2. The van der Waals surface area contributed by atoms with Crippen LogP contribution >= 0.6 is 0 Å². The Morgan fingerprint density at radius 3 is 2.33 bits per heavy atom. The Kier molecular flexibility index (Phi) is 3.81. The Morgan fingerprint density at radius 2 is 1.74 bits per heavy atom. The second kappa shape index (κ2) is 5.75. The molecular weight excluding hydrogens is 346 g/mol. The van der Waals surface area contributed by atoms with Crippen molar-refractivity contribution in [3.8, 4) is 0 Å². The lowest BCUT2D eigenvalue weighted by Crippen LogP contribution is -2.18. The van der Waals surface area contributed by atoms with Gasteiger partial charge in [-0.3, -0.25) is 0 Å². The zero-order valence-corrected chi connectivity index (χ0v) is 15.7. The summed E-state index contributed by atoms with van der Waals surface area (Å²) in [5.74, 6) is -2.82. The van der Waals surface area contributed by atoms with E-state index in [2.05, 4.69) is 26.0 Å². The van der Waals surface area contributed by atoms with Gasteiger partial charge in [-0.15, -0.1) is 0 Å². The summed E-state index contributed by atoms with van der Waals surface area (Å²) in [6.07, 6.45) is 4.79. The highest BCUT2D eigenvalue weighted by molar-refractivity contribution is 5.88. The molecule has 2 aromatic carbocycles. The number of hydrogen-bond donors (Lipinski definition) is 1. The second-order valence-electron chi connectivity index (χ2n) is 8.54.